The number of nitrogens with one attached hydrogen (secondary N) is 1. The van der Waals surface area contributed by atoms with Crippen molar-refractivity contribution < 1.29 is 31.4 Å². The predicted molar refractivity (Wildman–Crippen MR) is 150 cm³/mol. The van der Waals surface area contributed by atoms with E-state index in [2.05, 4.69) is 46.4 Å². The number of hydrogen-bond acceptors (Lipinski definition) is 5. The fraction of sp³-hybridized carbons (Fsp3) is 0.233. The molecule has 4 rings (SSSR count). The Morgan fingerprint density at radius 2 is 1.82 bits per heavy atom. The van der Waals surface area contributed by atoms with Gasteiger partial charge in [-0.1, -0.05) is 30.3 Å². The molecule has 0 aliphatic carbocycles. The molecule has 0 fully saturated rings. The molecule has 0 saturated carbocycles. The molecule has 0 saturated heterocycles. The van der Waals surface area contributed by atoms with Gasteiger partial charge in [-0.15, -0.1) is 5.10 Å². The summed E-state index contributed by atoms with van der Waals surface area (Å²) in [6.07, 6.45) is 4.31. The van der Waals surface area contributed by atoms with Crippen LogP contribution in [-0.2, 0) is 33.4 Å². The van der Waals surface area contributed by atoms with Gasteiger partial charge in [0.25, 0.3) is 0 Å². The van der Waals surface area contributed by atoms with Gasteiger partial charge in [0, 0.05) is 58.3 Å². The molecule has 38 heavy (non-hydrogen) atoms. The standard InChI is InChI=1S/C30H32N4O3.Co/c1-5-34-27-16-15-25(37-4)19-26(27)30(3,20-22-11-13-24(14-12-22)32-21(2)35)28(34)17-18-31-33-29(36)23-9-7-6-8-10-23;/h6-19H,5,20H2,1-4H3,(H,32,35)(H,33,36);/b28-17-,31-18+;. The van der Waals surface area contributed by atoms with Gasteiger partial charge >= 0.3 is 0 Å². The third kappa shape index (κ3) is 6.15. The summed E-state index contributed by atoms with van der Waals surface area (Å²) in [5.74, 6) is 0.569. The van der Waals surface area contributed by atoms with Crippen molar-refractivity contribution in [3.8, 4) is 5.75 Å². The molecule has 1 aliphatic rings. The van der Waals surface area contributed by atoms with Crippen molar-refractivity contribution in [1.29, 1.82) is 0 Å². The Hall–Kier alpha value is -3.88. The first-order valence-corrected chi connectivity index (χ1v) is 12.2. The molecule has 1 atom stereocenters. The van der Waals surface area contributed by atoms with Gasteiger partial charge < -0.3 is 20.1 Å². The van der Waals surface area contributed by atoms with E-state index in [-0.39, 0.29) is 34.0 Å². The zero-order chi connectivity index (χ0) is 26.4. The molecule has 8 heteroatoms. The van der Waals surface area contributed by atoms with Gasteiger partial charge in [0.1, 0.15) is 5.75 Å². The Morgan fingerprint density at radius 3 is 2.45 bits per heavy atom. The first kappa shape index (κ1) is 28.7. The molecule has 7 nitrogen and oxygen atoms in total. The number of rotatable bonds is 8. The number of benzene rings is 3. The van der Waals surface area contributed by atoms with E-state index in [1.807, 2.05) is 54.6 Å². The molecule has 0 aromatic heterocycles. The van der Waals surface area contributed by atoms with E-state index < -0.39 is 0 Å². The van der Waals surface area contributed by atoms with Crippen LogP contribution in [-0.4, -0.2) is 36.8 Å². The van der Waals surface area contributed by atoms with Crippen LogP contribution in [0.3, 0.4) is 0 Å². The van der Waals surface area contributed by atoms with Gasteiger partial charge in [-0.2, -0.15) is 5.10 Å². The number of nitrogens with zero attached hydrogens (tertiary/aromatic N) is 3. The third-order valence-electron chi connectivity index (χ3n) is 6.58. The van der Waals surface area contributed by atoms with Crippen molar-refractivity contribution in [3.63, 3.8) is 0 Å². The van der Waals surface area contributed by atoms with E-state index in [9.17, 15) is 9.90 Å². The fourth-order valence-corrected chi connectivity index (χ4v) is 4.84. The van der Waals surface area contributed by atoms with Gasteiger partial charge in [-0.05, 0) is 79.9 Å². The second-order valence-electron chi connectivity index (χ2n) is 9.12. The van der Waals surface area contributed by atoms with Gasteiger partial charge in [-0.25, -0.2) is 0 Å². The van der Waals surface area contributed by atoms with Gasteiger partial charge in [-0.3, -0.25) is 4.79 Å². The summed E-state index contributed by atoms with van der Waals surface area (Å²) in [4.78, 5) is 13.7. The Balaban J connectivity index is 0.00000400. The minimum absolute atomic E-state index is 0. The van der Waals surface area contributed by atoms with E-state index >= 15 is 0 Å². The largest absolute Gasteiger partial charge is 0.497 e. The molecule has 0 spiro atoms. The Bertz CT molecular complexity index is 1350. The van der Waals surface area contributed by atoms with Crippen molar-refractivity contribution in [2.24, 2.45) is 10.2 Å². The first-order chi connectivity index (χ1) is 17.9. The summed E-state index contributed by atoms with van der Waals surface area (Å²) in [6, 6.07) is 23.2. The van der Waals surface area contributed by atoms with Crippen molar-refractivity contribution in [3.05, 3.63) is 101 Å². The maximum atomic E-state index is 11.4. The Morgan fingerprint density at radius 1 is 1.11 bits per heavy atom. The molecule has 1 heterocycles. The van der Waals surface area contributed by atoms with Crippen molar-refractivity contribution in [2.75, 3.05) is 23.9 Å². The average Bonchev–Trinajstić information content (AvgIpc) is 3.14. The number of methoxy groups -OCH3 is 1. The molecular weight excluding hydrogens is 523 g/mol. The molecule has 1 unspecified atom stereocenters. The van der Waals surface area contributed by atoms with Crippen molar-refractivity contribution >= 4 is 29.4 Å². The Kier molecular flexibility index (Phi) is 9.49. The van der Waals surface area contributed by atoms with Crippen LogP contribution < -0.4 is 15.0 Å². The number of likely N-dealkylation sites (N-methyl/N-ethyl adjacent to an activating group) is 1. The maximum absolute atomic E-state index is 11.4. The third-order valence-corrected chi connectivity index (χ3v) is 6.58. The SMILES string of the molecule is CCN1\C(=C/C=N/N=C(\O)c2ccccc2)C(C)(Cc2ccc(NC(C)=O)cc2)c2cc(OC)ccc21.[Co]. The van der Waals surface area contributed by atoms with E-state index in [4.69, 9.17) is 4.74 Å². The van der Waals surface area contributed by atoms with E-state index in [1.165, 1.54) is 6.92 Å². The molecule has 3 aromatic carbocycles. The summed E-state index contributed by atoms with van der Waals surface area (Å²) in [6.45, 7) is 6.60. The fourth-order valence-electron chi connectivity index (χ4n) is 4.84. The molecule has 0 bridgehead atoms. The molecule has 2 N–H and O–H groups in total. The Labute approximate surface area is 234 Å². The monoisotopic (exact) mass is 555 g/mol. The summed E-state index contributed by atoms with van der Waals surface area (Å²) in [5, 5.41) is 21.2. The number of amides is 1. The second kappa shape index (κ2) is 12.6. The second-order valence-corrected chi connectivity index (χ2v) is 9.12. The van der Waals surface area contributed by atoms with Crippen LogP contribution >= 0.6 is 0 Å². The number of hydrogen-bond donors (Lipinski definition) is 2. The minimum Gasteiger partial charge on any atom is -0.497 e. The molecule has 1 amide bonds. The average molecular weight is 556 g/mol. The van der Waals surface area contributed by atoms with Crippen LogP contribution in [0.25, 0.3) is 0 Å². The number of carbonyl (C=O) groups excluding carboxylic acids is 1. The van der Waals surface area contributed by atoms with Crippen LogP contribution in [0.5, 0.6) is 5.75 Å². The van der Waals surface area contributed by atoms with Crippen LogP contribution in [0.1, 0.15) is 37.5 Å². The number of fused-ring (bicyclic) bond motifs is 1. The van der Waals surface area contributed by atoms with Crippen molar-refractivity contribution in [2.45, 2.75) is 32.6 Å². The number of aliphatic hydroxyl groups is 1. The molecule has 1 aliphatic heterocycles. The maximum Gasteiger partial charge on any atom is 0.238 e. The summed E-state index contributed by atoms with van der Waals surface area (Å²) < 4.78 is 5.56. The van der Waals surface area contributed by atoms with Gasteiger partial charge in [0.2, 0.25) is 11.8 Å². The normalized spacial score (nSPS) is 17.8. The minimum atomic E-state index is -0.382. The first-order valence-electron chi connectivity index (χ1n) is 12.2. The van der Waals surface area contributed by atoms with E-state index in [1.54, 1.807) is 25.5 Å². The topological polar surface area (TPSA) is 86.5 Å². The molecule has 199 valence electrons. The van der Waals surface area contributed by atoms with Gasteiger partial charge in [0.15, 0.2) is 0 Å². The molecular formula is C30H32CoN4O3. The van der Waals surface area contributed by atoms with Crippen LogP contribution in [0, 0.1) is 0 Å². The van der Waals surface area contributed by atoms with Crippen LogP contribution in [0.2, 0.25) is 0 Å². The zero-order valence-electron chi connectivity index (χ0n) is 21.9. The zero-order valence-corrected chi connectivity index (χ0v) is 23.0. The molecule has 3 aromatic rings. The summed E-state index contributed by atoms with van der Waals surface area (Å²) >= 11 is 0. The number of anilines is 2. The number of ether oxygens (including phenoxy) is 1. The number of aliphatic hydroxyl groups excluding tert-OH is 1. The summed E-state index contributed by atoms with van der Waals surface area (Å²) in [7, 11) is 1.67. The smallest absolute Gasteiger partial charge is 0.238 e. The summed E-state index contributed by atoms with van der Waals surface area (Å²) in [5.41, 5.74) is 5.48. The number of carbonyl (C=O) groups is 1. The number of allylic oxidation sites excluding steroid dienone is 2. The molecule has 1 radical (unpaired) electrons. The van der Waals surface area contributed by atoms with E-state index in [0.29, 0.717) is 5.56 Å². The van der Waals surface area contributed by atoms with E-state index in [0.717, 1.165) is 46.9 Å². The quantitative estimate of drug-likeness (QED) is 0.207. The van der Waals surface area contributed by atoms with Crippen LogP contribution in [0.15, 0.2) is 94.8 Å². The van der Waals surface area contributed by atoms with Crippen LogP contribution in [0.4, 0.5) is 11.4 Å². The van der Waals surface area contributed by atoms with Crippen molar-refractivity contribution in [1.82, 2.24) is 0 Å². The predicted octanol–water partition coefficient (Wildman–Crippen LogP) is 5.87. The van der Waals surface area contributed by atoms with Gasteiger partial charge in [0.05, 0.1) is 13.3 Å².